The molecule has 0 bridgehead atoms. The molecule has 1 aromatic carbocycles. The maximum atomic E-state index is 6.11. The number of nitrogens with zero attached hydrogens (tertiary/aromatic N) is 4. The first kappa shape index (κ1) is 13.3. The van der Waals surface area contributed by atoms with Gasteiger partial charge in [-0.05, 0) is 18.2 Å². The van der Waals surface area contributed by atoms with Gasteiger partial charge in [0, 0.05) is 11.8 Å². The van der Waals surface area contributed by atoms with E-state index < -0.39 is 0 Å². The van der Waals surface area contributed by atoms with Gasteiger partial charge in [-0.25, -0.2) is 9.97 Å². The first-order valence-electron chi connectivity index (χ1n) is 5.93. The molecule has 0 saturated heterocycles. The quantitative estimate of drug-likeness (QED) is 0.742. The smallest absolute Gasteiger partial charge is 0.259 e. The first-order chi connectivity index (χ1) is 10.2. The van der Waals surface area contributed by atoms with E-state index >= 15 is 0 Å². The van der Waals surface area contributed by atoms with Gasteiger partial charge in [-0.2, -0.15) is 4.98 Å². The van der Waals surface area contributed by atoms with E-state index in [4.69, 9.17) is 26.6 Å². The molecular weight excluding hydrogens is 294 g/mol. The number of nitrogen functional groups attached to an aromatic ring is 1. The number of methoxy groups -OCH3 is 1. The average molecular weight is 304 g/mol. The lowest BCUT2D eigenvalue weighted by molar-refractivity contribution is 0.397. The molecule has 106 valence electrons. The topological polar surface area (TPSA) is 100.0 Å². The number of benzene rings is 1. The molecule has 0 atom stereocenters. The largest absolute Gasteiger partial charge is 0.481 e. The van der Waals surface area contributed by atoms with Crippen LogP contribution >= 0.6 is 11.6 Å². The van der Waals surface area contributed by atoms with E-state index in [1.165, 1.54) is 13.4 Å². The maximum absolute atomic E-state index is 6.11. The van der Waals surface area contributed by atoms with Crippen molar-refractivity contribution < 1.29 is 9.26 Å². The van der Waals surface area contributed by atoms with Crippen LogP contribution in [0.3, 0.4) is 0 Å². The summed E-state index contributed by atoms with van der Waals surface area (Å²) in [5, 5.41) is 4.32. The third kappa shape index (κ3) is 2.63. The molecule has 3 rings (SSSR count). The van der Waals surface area contributed by atoms with Crippen molar-refractivity contribution in [1.82, 2.24) is 20.1 Å². The molecule has 0 aliphatic rings. The molecule has 0 spiro atoms. The SMILES string of the molecule is COc1cc(-c2noc(-c3ccc(N)cc3Cl)n2)ncn1. The van der Waals surface area contributed by atoms with Gasteiger partial charge in [0.25, 0.3) is 5.89 Å². The standard InChI is InChI=1S/C13H10ClN5O2/c1-20-11-5-10(16-6-17-11)12-18-13(21-19-12)8-3-2-7(15)4-9(8)14/h2-6H,15H2,1H3. The van der Waals surface area contributed by atoms with Crippen LogP contribution in [0.25, 0.3) is 23.0 Å². The van der Waals surface area contributed by atoms with Crippen LogP contribution in [-0.2, 0) is 0 Å². The average Bonchev–Trinajstić information content (AvgIpc) is 2.97. The van der Waals surface area contributed by atoms with Crippen LogP contribution in [0.4, 0.5) is 5.69 Å². The molecule has 21 heavy (non-hydrogen) atoms. The summed E-state index contributed by atoms with van der Waals surface area (Å²) in [7, 11) is 1.52. The lowest BCUT2D eigenvalue weighted by Crippen LogP contribution is -1.92. The van der Waals surface area contributed by atoms with Gasteiger partial charge in [-0.1, -0.05) is 16.8 Å². The van der Waals surface area contributed by atoms with Crippen molar-refractivity contribution in [2.45, 2.75) is 0 Å². The van der Waals surface area contributed by atoms with Crippen LogP contribution in [0, 0.1) is 0 Å². The second-order valence-corrected chi connectivity index (χ2v) is 4.52. The molecule has 0 unspecified atom stereocenters. The predicted octanol–water partition coefficient (Wildman–Crippen LogP) is 2.44. The Morgan fingerprint density at radius 1 is 1.24 bits per heavy atom. The summed E-state index contributed by atoms with van der Waals surface area (Å²) in [6.07, 6.45) is 1.36. The van der Waals surface area contributed by atoms with E-state index in [0.717, 1.165) is 0 Å². The fourth-order valence-corrected chi connectivity index (χ4v) is 1.98. The van der Waals surface area contributed by atoms with E-state index in [-0.39, 0.29) is 5.89 Å². The highest BCUT2D eigenvalue weighted by Gasteiger charge is 2.15. The molecule has 0 amide bonds. The normalized spacial score (nSPS) is 10.6. The zero-order valence-electron chi connectivity index (χ0n) is 10.9. The summed E-state index contributed by atoms with van der Waals surface area (Å²) < 4.78 is 10.2. The van der Waals surface area contributed by atoms with E-state index in [2.05, 4.69) is 20.1 Å². The molecule has 0 aliphatic carbocycles. The van der Waals surface area contributed by atoms with Crippen LogP contribution in [0.1, 0.15) is 0 Å². The molecule has 2 N–H and O–H groups in total. The Bertz CT molecular complexity index is 790. The van der Waals surface area contributed by atoms with Gasteiger partial charge in [0.05, 0.1) is 17.7 Å². The number of rotatable bonds is 3. The Balaban J connectivity index is 1.99. The fourth-order valence-electron chi connectivity index (χ4n) is 1.72. The van der Waals surface area contributed by atoms with Crippen LogP contribution in [0.5, 0.6) is 5.88 Å². The van der Waals surface area contributed by atoms with Crippen molar-refractivity contribution in [1.29, 1.82) is 0 Å². The lowest BCUT2D eigenvalue weighted by atomic mass is 10.2. The van der Waals surface area contributed by atoms with Gasteiger partial charge in [-0.3, -0.25) is 0 Å². The molecule has 8 heteroatoms. The van der Waals surface area contributed by atoms with Crippen molar-refractivity contribution in [3.05, 3.63) is 35.6 Å². The maximum Gasteiger partial charge on any atom is 0.259 e. The number of halogens is 1. The zero-order chi connectivity index (χ0) is 14.8. The van der Waals surface area contributed by atoms with Gasteiger partial charge in [0.15, 0.2) is 0 Å². The summed E-state index contributed by atoms with van der Waals surface area (Å²) in [5.74, 6) is 1.02. The van der Waals surface area contributed by atoms with Gasteiger partial charge in [0.1, 0.15) is 12.0 Å². The number of nitrogens with two attached hydrogens (primary N) is 1. The van der Waals surface area contributed by atoms with E-state index in [9.17, 15) is 0 Å². The zero-order valence-corrected chi connectivity index (χ0v) is 11.7. The Morgan fingerprint density at radius 2 is 2.10 bits per heavy atom. The van der Waals surface area contributed by atoms with Crippen molar-refractivity contribution in [2.24, 2.45) is 0 Å². The Hall–Kier alpha value is -2.67. The van der Waals surface area contributed by atoms with Crippen LogP contribution in [0.15, 0.2) is 35.1 Å². The van der Waals surface area contributed by atoms with Gasteiger partial charge >= 0.3 is 0 Å². The fraction of sp³-hybridized carbons (Fsp3) is 0.0769. The number of aromatic nitrogens is 4. The molecule has 0 fully saturated rings. The van der Waals surface area contributed by atoms with Crippen molar-refractivity contribution in [2.75, 3.05) is 12.8 Å². The molecular formula is C13H10ClN5O2. The summed E-state index contributed by atoms with van der Waals surface area (Å²) in [6, 6.07) is 6.65. The number of hydrogen-bond donors (Lipinski definition) is 1. The second-order valence-electron chi connectivity index (χ2n) is 4.11. The second kappa shape index (κ2) is 5.37. The van der Waals surface area contributed by atoms with Crippen molar-refractivity contribution >= 4 is 17.3 Å². The predicted molar refractivity (Wildman–Crippen MR) is 76.7 cm³/mol. The minimum Gasteiger partial charge on any atom is -0.481 e. The van der Waals surface area contributed by atoms with Crippen molar-refractivity contribution in [3.63, 3.8) is 0 Å². The minimum atomic E-state index is 0.285. The van der Waals surface area contributed by atoms with Gasteiger partial charge in [0.2, 0.25) is 11.7 Å². The van der Waals surface area contributed by atoms with E-state index in [1.807, 2.05) is 0 Å². The molecule has 0 saturated carbocycles. The van der Waals surface area contributed by atoms with E-state index in [1.54, 1.807) is 24.3 Å². The van der Waals surface area contributed by atoms with E-state index in [0.29, 0.717) is 33.7 Å². The molecule has 2 heterocycles. The highest BCUT2D eigenvalue weighted by Crippen LogP contribution is 2.29. The highest BCUT2D eigenvalue weighted by atomic mass is 35.5. The summed E-state index contributed by atoms with van der Waals surface area (Å²) >= 11 is 6.11. The van der Waals surface area contributed by atoms with Crippen LogP contribution < -0.4 is 10.5 Å². The summed E-state index contributed by atoms with van der Waals surface area (Å²) in [5.41, 5.74) is 7.30. The Kier molecular flexibility index (Phi) is 3.41. The Morgan fingerprint density at radius 3 is 2.86 bits per heavy atom. The first-order valence-corrected chi connectivity index (χ1v) is 6.30. The third-order valence-corrected chi connectivity index (χ3v) is 3.04. The Labute approximate surface area is 124 Å². The van der Waals surface area contributed by atoms with Crippen molar-refractivity contribution in [3.8, 4) is 28.9 Å². The number of ether oxygens (including phenoxy) is 1. The molecule has 3 aromatic rings. The van der Waals surface area contributed by atoms with Gasteiger partial charge < -0.3 is 15.0 Å². The monoisotopic (exact) mass is 303 g/mol. The lowest BCUT2D eigenvalue weighted by Gasteiger charge is -1.99. The molecule has 0 aliphatic heterocycles. The summed E-state index contributed by atoms with van der Waals surface area (Å²) in [6.45, 7) is 0. The number of anilines is 1. The summed E-state index contributed by atoms with van der Waals surface area (Å²) in [4.78, 5) is 12.3. The van der Waals surface area contributed by atoms with Gasteiger partial charge in [-0.15, -0.1) is 0 Å². The molecule has 2 aromatic heterocycles. The minimum absolute atomic E-state index is 0.285. The highest BCUT2D eigenvalue weighted by molar-refractivity contribution is 6.33. The number of hydrogen-bond acceptors (Lipinski definition) is 7. The molecule has 7 nitrogen and oxygen atoms in total. The van der Waals surface area contributed by atoms with Crippen LogP contribution in [-0.4, -0.2) is 27.2 Å². The van der Waals surface area contributed by atoms with Crippen LogP contribution in [0.2, 0.25) is 5.02 Å². The third-order valence-electron chi connectivity index (χ3n) is 2.73. The molecule has 0 radical (unpaired) electrons.